The van der Waals surface area contributed by atoms with E-state index in [4.69, 9.17) is 4.42 Å². The summed E-state index contributed by atoms with van der Waals surface area (Å²) in [6.45, 7) is 0. The van der Waals surface area contributed by atoms with Gasteiger partial charge in [-0.3, -0.25) is 0 Å². The Bertz CT molecular complexity index is 4270. The van der Waals surface area contributed by atoms with Gasteiger partial charge in [-0.05, 0) is 136 Å². The smallest absolute Gasteiger partial charge is 0.143 e. The molecule has 4 heteroatoms. The number of aromatic nitrogens is 1. The minimum absolute atomic E-state index is 0.900. The van der Waals surface area contributed by atoms with Crippen molar-refractivity contribution < 1.29 is 4.42 Å². The predicted octanol–water partition coefficient (Wildman–Crippen LogP) is 18.7. The lowest BCUT2D eigenvalue weighted by Gasteiger charge is -2.27. The highest BCUT2D eigenvalue weighted by atomic mass is 32.1. The molecule has 3 aromatic heterocycles. The highest BCUT2D eigenvalue weighted by molar-refractivity contribution is 7.25. The summed E-state index contributed by atoms with van der Waals surface area (Å²) in [7, 11) is 0. The topological polar surface area (TPSA) is 21.3 Å². The van der Waals surface area contributed by atoms with Crippen LogP contribution in [0.1, 0.15) is 0 Å². The van der Waals surface area contributed by atoms with E-state index < -0.39 is 0 Å². The van der Waals surface area contributed by atoms with Crippen LogP contribution in [0.5, 0.6) is 0 Å². The Labute approximate surface area is 396 Å². The molecule has 3 heterocycles. The van der Waals surface area contributed by atoms with Gasteiger partial charge in [-0.2, -0.15) is 0 Å². The maximum atomic E-state index is 6.51. The summed E-state index contributed by atoms with van der Waals surface area (Å²) >= 11 is 1.86. The molecule has 0 N–H and O–H groups in total. The number of rotatable bonds is 7. The molecule has 318 valence electrons. The van der Waals surface area contributed by atoms with Gasteiger partial charge in [0.15, 0.2) is 0 Å². The second-order valence-electron chi connectivity index (χ2n) is 17.7. The van der Waals surface area contributed by atoms with E-state index in [1.807, 2.05) is 23.5 Å². The van der Waals surface area contributed by atoms with Gasteiger partial charge in [-0.15, -0.1) is 11.3 Å². The van der Waals surface area contributed by atoms with Crippen LogP contribution in [0.2, 0.25) is 0 Å². The zero-order valence-corrected chi connectivity index (χ0v) is 37.6. The van der Waals surface area contributed by atoms with Crippen LogP contribution in [-0.2, 0) is 0 Å². The molecule has 0 saturated carbocycles. The maximum Gasteiger partial charge on any atom is 0.143 e. The van der Waals surface area contributed by atoms with Crippen LogP contribution in [0.25, 0.3) is 114 Å². The highest BCUT2D eigenvalue weighted by Gasteiger charge is 2.20. The molecule has 0 bridgehead atoms. The first kappa shape index (κ1) is 38.6. The Morgan fingerprint density at radius 1 is 0.338 bits per heavy atom. The van der Waals surface area contributed by atoms with Crippen LogP contribution >= 0.6 is 11.3 Å². The molecule has 0 unspecified atom stereocenters. The van der Waals surface area contributed by atoms with Gasteiger partial charge >= 0.3 is 0 Å². The molecule has 14 rings (SSSR count). The van der Waals surface area contributed by atoms with E-state index in [2.05, 4.69) is 240 Å². The average Bonchev–Trinajstić information content (AvgIpc) is 4.08. The minimum Gasteiger partial charge on any atom is -0.455 e. The molecule has 0 saturated heterocycles. The van der Waals surface area contributed by atoms with E-state index in [1.165, 1.54) is 58.3 Å². The van der Waals surface area contributed by atoms with E-state index in [1.54, 1.807) is 0 Å². The fourth-order valence-corrected chi connectivity index (χ4v) is 11.6. The van der Waals surface area contributed by atoms with Crippen molar-refractivity contribution >= 4 is 103 Å². The fraction of sp³-hybridized carbons (Fsp3) is 0. The van der Waals surface area contributed by atoms with E-state index in [0.29, 0.717) is 0 Å². The molecule has 0 fully saturated rings. The third kappa shape index (κ3) is 6.26. The van der Waals surface area contributed by atoms with Crippen LogP contribution in [0.4, 0.5) is 17.1 Å². The zero-order valence-electron chi connectivity index (χ0n) is 36.8. The molecule has 3 nitrogen and oxygen atoms in total. The van der Waals surface area contributed by atoms with E-state index in [-0.39, 0.29) is 0 Å². The Morgan fingerprint density at radius 2 is 0.971 bits per heavy atom. The van der Waals surface area contributed by atoms with Gasteiger partial charge in [-0.1, -0.05) is 146 Å². The van der Waals surface area contributed by atoms with Crippen molar-refractivity contribution in [2.24, 2.45) is 0 Å². The summed E-state index contributed by atoms with van der Waals surface area (Å²) in [5, 5.41) is 9.69. The van der Waals surface area contributed by atoms with Crippen LogP contribution in [0.3, 0.4) is 0 Å². The van der Waals surface area contributed by atoms with Crippen molar-refractivity contribution in [1.29, 1.82) is 0 Å². The van der Waals surface area contributed by atoms with Crippen LogP contribution < -0.4 is 4.90 Å². The molecule has 0 atom stereocenters. The Kier molecular flexibility index (Phi) is 8.76. The fourth-order valence-electron chi connectivity index (χ4n) is 10.5. The first-order valence-electron chi connectivity index (χ1n) is 23.1. The van der Waals surface area contributed by atoms with E-state index in [0.717, 1.165) is 72.5 Å². The molecule has 0 spiro atoms. The number of hydrogen-bond donors (Lipinski definition) is 0. The number of fused-ring (bicyclic) bond motifs is 10. The largest absolute Gasteiger partial charge is 0.455 e. The van der Waals surface area contributed by atoms with Crippen LogP contribution in [-0.4, -0.2) is 4.57 Å². The third-order valence-corrected chi connectivity index (χ3v) is 14.9. The molecule has 0 amide bonds. The summed E-state index contributed by atoms with van der Waals surface area (Å²) in [6, 6.07) is 88.5. The van der Waals surface area contributed by atoms with Crippen molar-refractivity contribution in [3.8, 4) is 39.1 Å². The molecule has 0 aliphatic heterocycles. The number of anilines is 3. The zero-order chi connectivity index (χ0) is 44.7. The van der Waals surface area contributed by atoms with Gasteiger partial charge in [0.1, 0.15) is 11.2 Å². The lowest BCUT2D eigenvalue weighted by molar-refractivity contribution is 0.670. The first-order chi connectivity index (χ1) is 33.7. The maximum absolute atomic E-state index is 6.51. The quantitative estimate of drug-likeness (QED) is 0.159. The monoisotopic (exact) mass is 884 g/mol. The van der Waals surface area contributed by atoms with Gasteiger partial charge < -0.3 is 13.9 Å². The summed E-state index contributed by atoms with van der Waals surface area (Å²) in [5.41, 5.74) is 15.4. The molecule has 68 heavy (non-hydrogen) atoms. The molecular formula is C64H40N2OS. The van der Waals surface area contributed by atoms with Crippen LogP contribution in [0.15, 0.2) is 247 Å². The SMILES string of the molecule is c1ccc(-n2c3ccccc3c3cc(-c4cc(-c5ccc6sc7ccccc7c6c5)cc(N(c5ccc(-c6cccc7c6oc6ccccc67)cc5)c5ccc6ccccc6c5)c4)ccc32)cc1. The summed E-state index contributed by atoms with van der Waals surface area (Å²) in [4.78, 5) is 2.42. The highest BCUT2D eigenvalue weighted by Crippen LogP contribution is 2.45. The van der Waals surface area contributed by atoms with Gasteiger partial charge in [0.2, 0.25) is 0 Å². The van der Waals surface area contributed by atoms with Gasteiger partial charge in [-0.25, -0.2) is 0 Å². The van der Waals surface area contributed by atoms with E-state index in [9.17, 15) is 0 Å². The van der Waals surface area contributed by atoms with Gasteiger partial charge in [0.05, 0.1) is 11.0 Å². The lowest BCUT2D eigenvalue weighted by atomic mass is 9.95. The van der Waals surface area contributed by atoms with Crippen molar-refractivity contribution in [3.63, 3.8) is 0 Å². The summed E-state index contributed by atoms with van der Waals surface area (Å²) in [6.07, 6.45) is 0. The summed E-state index contributed by atoms with van der Waals surface area (Å²) < 4.78 is 11.5. The second kappa shape index (κ2) is 15.5. The number of thiophene rings is 1. The molecule has 0 radical (unpaired) electrons. The van der Waals surface area contributed by atoms with Gasteiger partial charge in [0.25, 0.3) is 0 Å². The Morgan fingerprint density at radius 3 is 1.82 bits per heavy atom. The Hall–Kier alpha value is -8.70. The number of benzene rings is 11. The lowest BCUT2D eigenvalue weighted by Crippen LogP contribution is -2.10. The standard InChI is InChI=1S/C64H40N2OS/c1-2-15-48(16-3-1)66-59-22-9-6-17-53(59)57-39-44(28-33-60(57)66)46-35-47(45-29-34-63-58(40-45)55-19-8-11-24-62(55)68-63)38-51(37-46)65(50-32-25-41-13-4-5-14-43(41)36-50)49-30-26-42(27-31-49)52-20-12-21-56-54-18-7-10-23-61(54)67-64(52)56/h1-40H. The molecule has 11 aromatic carbocycles. The number of nitrogens with zero attached hydrogens (tertiary/aromatic N) is 2. The van der Waals surface area contributed by atoms with E-state index >= 15 is 0 Å². The molecular weight excluding hydrogens is 845 g/mol. The third-order valence-electron chi connectivity index (χ3n) is 13.7. The predicted molar refractivity (Wildman–Crippen MR) is 289 cm³/mol. The number of furan rings is 1. The van der Waals surface area contributed by atoms with Crippen molar-refractivity contribution in [3.05, 3.63) is 243 Å². The molecule has 14 aromatic rings. The Balaban J connectivity index is 0.985. The first-order valence-corrected chi connectivity index (χ1v) is 24.0. The minimum atomic E-state index is 0.900. The normalized spacial score (nSPS) is 11.8. The van der Waals surface area contributed by atoms with Crippen molar-refractivity contribution in [1.82, 2.24) is 4.57 Å². The second-order valence-corrected chi connectivity index (χ2v) is 18.8. The molecule has 0 aliphatic carbocycles. The van der Waals surface area contributed by atoms with Crippen molar-refractivity contribution in [2.75, 3.05) is 4.90 Å². The number of hydrogen-bond acceptors (Lipinski definition) is 3. The number of para-hydroxylation sites is 4. The summed E-state index contributed by atoms with van der Waals surface area (Å²) in [5.74, 6) is 0. The van der Waals surface area contributed by atoms with Crippen molar-refractivity contribution in [2.45, 2.75) is 0 Å². The molecule has 0 aliphatic rings. The van der Waals surface area contributed by atoms with Crippen LogP contribution in [0, 0.1) is 0 Å². The average molecular weight is 885 g/mol. The van der Waals surface area contributed by atoms with Gasteiger partial charge in [0, 0.05) is 70.0 Å².